The van der Waals surface area contributed by atoms with Crippen LogP contribution in [0.4, 0.5) is 0 Å². The second-order valence-corrected chi connectivity index (χ2v) is 3.39. The van der Waals surface area contributed by atoms with Crippen LogP contribution in [-0.2, 0) is 9.53 Å². The SMILES string of the molecule is C\C=C(/C=C(C)/C=C/CCCO)C(=O)OC. The zero-order valence-corrected chi connectivity index (χ0v) is 10.2. The normalized spacial score (nSPS) is 13.2. The van der Waals surface area contributed by atoms with Crippen molar-refractivity contribution >= 4 is 5.97 Å². The van der Waals surface area contributed by atoms with Crippen LogP contribution in [0.1, 0.15) is 26.7 Å². The second kappa shape index (κ2) is 8.92. The van der Waals surface area contributed by atoms with E-state index in [0.29, 0.717) is 5.57 Å². The molecule has 0 aliphatic heterocycles. The Balaban J connectivity index is 4.39. The van der Waals surface area contributed by atoms with Gasteiger partial charge in [0.25, 0.3) is 0 Å². The number of hydrogen-bond donors (Lipinski definition) is 1. The van der Waals surface area contributed by atoms with E-state index in [-0.39, 0.29) is 12.6 Å². The molecule has 0 aliphatic carbocycles. The molecule has 0 saturated carbocycles. The van der Waals surface area contributed by atoms with Gasteiger partial charge in [-0.2, -0.15) is 0 Å². The van der Waals surface area contributed by atoms with Crippen LogP contribution < -0.4 is 0 Å². The lowest BCUT2D eigenvalue weighted by molar-refractivity contribution is -0.135. The molecule has 0 atom stereocenters. The molecule has 0 bridgehead atoms. The topological polar surface area (TPSA) is 46.5 Å². The molecule has 16 heavy (non-hydrogen) atoms. The van der Waals surface area contributed by atoms with Gasteiger partial charge in [-0.15, -0.1) is 0 Å². The highest BCUT2D eigenvalue weighted by Crippen LogP contribution is 2.06. The van der Waals surface area contributed by atoms with Gasteiger partial charge in [0, 0.05) is 6.61 Å². The van der Waals surface area contributed by atoms with Crippen LogP contribution in [0.15, 0.2) is 35.5 Å². The Morgan fingerprint density at radius 3 is 2.62 bits per heavy atom. The van der Waals surface area contributed by atoms with E-state index in [9.17, 15) is 4.79 Å². The molecule has 0 radical (unpaired) electrons. The Kier molecular flexibility index (Phi) is 8.17. The number of aliphatic hydroxyl groups is 1. The molecule has 3 nitrogen and oxygen atoms in total. The Morgan fingerprint density at radius 1 is 1.44 bits per heavy atom. The molecule has 0 spiro atoms. The highest BCUT2D eigenvalue weighted by molar-refractivity contribution is 5.91. The first kappa shape index (κ1) is 14.6. The van der Waals surface area contributed by atoms with E-state index < -0.39 is 0 Å². The average Bonchev–Trinajstić information content (AvgIpc) is 2.30. The minimum absolute atomic E-state index is 0.204. The largest absolute Gasteiger partial charge is 0.465 e. The Bertz CT molecular complexity index is 298. The van der Waals surface area contributed by atoms with E-state index in [4.69, 9.17) is 5.11 Å². The summed E-state index contributed by atoms with van der Waals surface area (Å²) >= 11 is 0. The van der Waals surface area contributed by atoms with E-state index in [1.165, 1.54) is 7.11 Å². The third-order valence-electron chi connectivity index (χ3n) is 2.02. The summed E-state index contributed by atoms with van der Waals surface area (Å²) in [6.45, 7) is 3.92. The molecule has 0 rings (SSSR count). The first-order valence-corrected chi connectivity index (χ1v) is 5.36. The van der Waals surface area contributed by atoms with Gasteiger partial charge < -0.3 is 9.84 Å². The molecule has 3 heteroatoms. The third-order valence-corrected chi connectivity index (χ3v) is 2.02. The summed E-state index contributed by atoms with van der Waals surface area (Å²) in [5.41, 5.74) is 1.53. The molecular weight excluding hydrogens is 204 g/mol. The van der Waals surface area contributed by atoms with Crippen molar-refractivity contribution in [3.05, 3.63) is 35.5 Å². The van der Waals surface area contributed by atoms with Crippen LogP contribution in [0.5, 0.6) is 0 Å². The Hall–Kier alpha value is -1.35. The number of allylic oxidation sites excluding steroid dienone is 4. The zero-order valence-electron chi connectivity index (χ0n) is 10.2. The van der Waals surface area contributed by atoms with Crippen LogP contribution in [0.25, 0.3) is 0 Å². The van der Waals surface area contributed by atoms with E-state index in [1.54, 1.807) is 19.1 Å². The van der Waals surface area contributed by atoms with Gasteiger partial charge in [0.1, 0.15) is 0 Å². The minimum Gasteiger partial charge on any atom is -0.465 e. The number of unbranched alkanes of at least 4 members (excludes halogenated alkanes) is 1. The van der Waals surface area contributed by atoms with Crippen molar-refractivity contribution in [1.82, 2.24) is 0 Å². The van der Waals surface area contributed by atoms with Crippen molar-refractivity contribution in [2.75, 3.05) is 13.7 Å². The van der Waals surface area contributed by atoms with E-state index in [2.05, 4.69) is 4.74 Å². The predicted octanol–water partition coefficient (Wildman–Crippen LogP) is 2.38. The maximum absolute atomic E-state index is 11.3. The Morgan fingerprint density at radius 2 is 2.12 bits per heavy atom. The van der Waals surface area contributed by atoms with Crippen LogP contribution in [0.3, 0.4) is 0 Å². The third kappa shape index (κ3) is 6.19. The summed E-state index contributed by atoms with van der Waals surface area (Å²) in [4.78, 5) is 11.3. The van der Waals surface area contributed by atoms with E-state index >= 15 is 0 Å². The summed E-state index contributed by atoms with van der Waals surface area (Å²) in [6, 6.07) is 0. The lowest BCUT2D eigenvalue weighted by Gasteiger charge is -1.99. The fraction of sp³-hybridized carbons (Fsp3) is 0.462. The molecule has 0 aromatic carbocycles. The van der Waals surface area contributed by atoms with Crippen molar-refractivity contribution in [2.24, 2.45) is 0 Å². The molecule has 0 aliphatic rings. The van der Waals surface area contributed by atoms with Crippen LogP contribution >= 0.6 is 0 Å². The van der Waals surface area contributed by atoms with Crippen molar-refractivity contribution in [1.29, 1.82) is 0 Å². The summed E-state index contributed by atoms with van der Waals surface area (Å²) < 4.78 is 4.64. The van der Waals surface area contributed by atoms with Gasteiger partial charge in [-0.05, 0) is 32.8 Å². The van der Waals surface area contributed by atoms with Gasteiger partial charge in [-0.1, -0.05) is 23.8 Å². The fourth-order valence-electron chi connectivity index (χ4n) is 1.15. The van der Waals surface area contributed by atoms with Gasteiger partial charge in [0.2, 0.25) is 0 Å². The number of hydrogen-bond acceptors (Lipinski definition) is 3. The molecule has 0 heterocycles. The van der Waals surface area contributed by atoms with E-state index in [0.717, 1.165) is 18.4 Å². The van der Waals surface area contributed by atoms with Gasteiger partial charge in [0.15, 0.2) is 0 Å². The molecule has 0 amide bonds. The molecular formula is C13H20O3. The van der Waals surface area contributed by atoms with Gasteiger partial charge in [0.05, 0.1) is 12.7 Å². The number of rotatable bonds is 6. The van der Waals surface area contributed by atoms with Crippen LogP contribution in [-0.4, -0.2) is 24.8 Å². The molecule has 0 aromatic rings. The quantitative estimate of drug-likeness (QED) is 0.326. The monoisotopic (exact) mass is 224 g/mol. The standard InChI is InChI=1S/C13H20O3/c1-4-12(13(15)16-3)10-11(2)8-6-5-7-9-14/h4,6,8,10,14H,5,7,9H2,1-3H3/b8-6+,11-10+,12-4+. The average molecular weight is 224 g/mol. The zero-order chi connectivity index (χ0) is 12.4. The van der Waals surface area contributed by atoms with Gasteiger partial charge >= 0.3 is 5.97 Å². The van der Waals surface area contributed by atoms with Crippen molar-refractivity contribution < 1.29 is 14.6 Å². The lowest BCUT2D eigenvalue weighted by Crippen LogP contribution is -2.02. The second-order valence-electron chi connectivity index (χ2n) is 3.39. The van der Waals surface area contributed by atoms with E-state index in [1.807, 2.05) is 19.1 Å². The Labute approximate surface area is 97.1 Å². The number of methoxy groups -OCH3 is 1. The van der Waals surface area contributed by atoms with Crippen molar-refractivity contribution in [3.8, 4) is 0 Å². The number of esters is 1. The molecule has 1 N–H and O–H groups in total. The first-order chi connectivity index (χ1) is 7.65. The van der Waals surface area contributed by atoms with Crippen LogP contribution in [0.2, 0.25) is 0 Å². The number of carbonyl (C=O) groups excluding carboxylic acids is 1. The number of carbonyl (C=O) groups is 1. The molecule has 0 aromatic heterocycles. The number of aliphatic hydroxyl groups excluding tert-OH is 1. The summed E-state index contributed by atoms with van der Waals surface area (Å²) in [5, 5.41) is 8.60. The number of ether oxygens (including phenoxy) is 1. The summed E-state index contributed by atoms with van der Waals surface area (Å²) in [7, 11) is 1.37. The smallest absolute Gasteiger partial charge is 0.337 e. The maximum atomic E-state index is 11.3. The predicted molar refractivity (Wildman–Crippen MR) is 65.0 cm³/mol. The molecule has 90 valence electrons. The van der Waals surface area contributed by atoms with Gasteiger partial charge in [-0.25, -0.2) is 4.79 Å². The summed E-state index contributed by atoms with van der Waals surface area (Å²) in [6.07, 6.45) is 9.01. The van der Waals surface area contributed by atoms with Crippen molar-refractivity contribution in [3.63, 3.8) is 0 Å². The highest BCUT2D eigenvalue weighted by Gasteiger charge is 2.04. The molecule has 0 fully saturated rings. The van der Waals surface area contributed by atoms with Crippen molar-refractivity contribution in [2.45, 2.75) is 26.7 Å². The first-order valence-electron chi connectivity index (χ1n) is 5.36. The summed E-state index contributed by atoms with van der Waals surface area (Å²) in [5.74, 6) is -0.328. The van der Waals surface area contributed by atoms with Gasteiger partial charge in [-0.3, -0.25) is 0 Å². The molecule has 0 saturated heterocycles. The maximum Gasteiger partial charge on any atom is 0.337 e. The lowest BCUT2D eigenvalue weighted by atomic mass is 10.1. The van der Waals surface area contributed by atoms with Crippen LogP contribution in [0, 0.1) is 0 Å². The minimum atomic E-state index is -0.328. The fourth-order valence-corrected chi connectivity index (χ4v) is 1.15. The highest BCUT2D eigenvalue weighted by atomic mass is 16.5. The molecule has 0 unspecified atom stereocenters.